The van der Waals surface area contributed by atoms with Crippen LogP contribution in [0.3, 0.4) is 0 Å². The number of alkyl halides is 13. The molecule has 3 nitrogen and oxygen atoms in total. The van der Waals surface area contributed by atoms with Gasteiger partial charge in [-0.25, -0.2) is 0 Å². The van der Waals surface area contributed by atoms with Crippen LogP contribution in [0.15, 0.2) is 0 Å². The molecule has 0 spiro atoms. The first kappa shape index (κ1) is 31.5. The highest BCUT2D eigenvalue weighted by atomic mass is 19.4. The smallest absolute Gasteiger partial charge is 0.412 e. The van der Waals surface area contributed by atoms with Crippen LogP contribution < -0.4 is 0 Å². The van der Waals surface area contributed by atoms with Crippen molar-refractivity contribution in [3.63, 3.8) is 0 Å². The molecular weight excluding hydrogens is 521 g/mol. The van der Waals surface area contributed by atoms with Gasteiger partial charge in [0.25, 0.3) is 5.91 Å². The summed E-state index contributed by atoms with van der Waals surface area (Å²) in [5.74, 6) is -41.1. The second-order valence-electron chi connectivity index (χ2n) is 8.67. The summed E-state index contributed by atoms with van der Waals surface area (Å²) < 4.78 is 175. The van der Waals surface area contributed by atoms with E-state index in [9.17, 15) is 61.9 Å². The van der Waals surface area contributed by atoms with Crippen molar-refractivity contribution in [3.8, 4) is 0 Å². The maximum Gasteiger partial charge on any atom is 0.460 e. The minimum absolute atomic E-state index is 0. The predicted molar refractivity (Wildman–Crippen MR) is 95.0 cm³/mol. The number of rotatable bonds is 7. The summed E-state index contributed by atoms with van der Waals surface area (Å²) in [7, 11) is 0. The lowest BCUT2D eigenvalue weighted by Crippen LogP contribution is -2.72. The van der Waals surface area contributed by atoms with E-state index in [0.29, 0.717) is 38.5 Å². The molecule has 0 aliphatic heterocycles. The van der Waals surface area contributed by atoms with Gasteiger partial charge in [-0.2, -0.15) is 57.1 Å². The first-order valence-corrected chi connectivity index (χ1v) is 10.5. The minimum Gasteiger partial charge on any atom is -0.412 e. The van der Waals surface area contributed by atoms with Gasteiger partial charge in [0.05, 0.1) is 0 Å². The van der Waals surface area contributed by atoms with E-state index in [2.05, 4.69) is 0 Å². The quantitative estimate of drug-likeness (QED) is 0.342. The van der Waals surface area contributed by atoms with E-state index >= 15 is 0 Å². The molecule has 0 saturated heterocycles. The maximum atomic E-state index is 14.6. The third-order valence-corrected chi connectivity index (χ3v) is 6.37. The van der Waals surface area contributed by atoms with Gasteiger partial charge in [0.15, 0.2) is 0 Å². The number of carbonyl (C=O) groups excluding carboxylic acids is 1. The monoisotopic (exact) mass is 545 g/mol. The van der Waals surface area contributed by atoms with Crippen LogP contribution in [-0.4, -0.2) is 64.2 Å². The molecule has 2 saturated carbocycles. The summed E-state index contributed by atoms with van der Waals surface area (Å²) in [6.45, 7) is 0. The molecule has 0 aromatic carbocycles. The predicted octanol–water partition coefficient (Wildman–Crippen LogP) is 6.39. The van der Waals surface area contributed by atoms with Gasteiger partial charge in [0, 0.05) is 12.1 Å². The molecular formula is C19H24F13NO2. The lowest BCUT2D eigenvalue weighted by Gasteiger charge is -2.45. The molecule has 0 atom stereocenters. The molecule has 0 aromatic rings. The van der Waals surface area contributed by atoms with Crippen LogP contribution in [0.2, 0.25) is 0 Å². The highest BCUT2D eigenvalue weighted by Gasteiger charge is 2.92. The molecule has 0 bridgehead atoms. The Hall–Kier alpha value is -1.48. The van der Waals surface area contributed by atoms with E-state index in [0.717, 1.165) is 0 Å². The van der Waals surface area contributed by atoms with Crippen LogP contribution >= 0.6 is 0 Å². The first-order chi connectivity index (χ1) is 15.2. The standard InChI is InChI=1S/C19H22F13NO.H2O/c20-14(21,15(22,23)16(24,25)17(26,27)18(28,29)19(30,31)32)13(34)33(11-7-3-1-4-8-11)12-9-5-2-6-10-12;/h11-12H,1-10H2;1H2. The van der Waals surface area contributed by atoms with Crippen LogP contribution in [-0.2, 0) is 4.79 Å². The minimum atomic E-state index is -8.01. The number of carbonyl (C=O) groups is 1. The fraction of sp³-hybridized carbons (Fsp3) is 0.947. The summed E-state index contributed by atoms with van der Waals surface area (Å²) in [5, 5.41) is 0. The van der Waals surface area contributed by atoms with Crippen molar-refractivity contribution in [2.24, 2.45) is 0 Å². The average Bonchev–Trinajstić information content (AvgIpc) is 2.74. The zero-order valence-electron chi connectivity index (χ0n) is 18.0. The topological polar surface area (TPSA) is 51.8 Å². The molecule has 2 N–H and O–H groups in total. The number of nitrogens with zero attached hydrogens (tertiary/aromatic N) is 1. The average molecular weight is 545 g/mol. The van der Waals surface area contributed by atoms with E-state index in [1.54, 1.807) is 0 Å². The second-order valence-corrected chi connectivity index (χ2v) is 8.67. The zero-order chi connectivity index (χ0) is 26.4. The van der Waals surface area contributed by atoms with Crippen LogP contribution in [0.1, 0.15) is 64.2 Å². The number of halogens is 13. The molecule has 2 aliphatic carbocycles. The molecule has 2 aliphatic rings. The van der Waals surface area contributed by atoms with E-state index in [1.165, 1.54) is 0 Å². The lowest BCUT2D eigenvalue weighted by atomic mass is 9.87. The number of amides is 1. The molecule has 16 heteroatoms. The largest absolute Gasteiger partial charge is 0.460 e. The van der Waals surface area contributed by atoms with Crippen LogP contribution in [0, 0.1) is 0 Å². The molecule has 0 radical (unpaired) electrons. The van der Waals surface area contributed by atoms with Crippen LogP contribution in [0.25, 0.3) is 0 Å². The second kappa shape index (κ2) is 10.1. The summed E-state index contributed by atoms with van der Waals surface area (Å²) in [5.41, 5.74) is 0. The van der Waals surface area contributed by atoms with Gasteiger partial charge in [0.2, 0.25) is 0 Å². The van der Waals surface area contributed by atoms with Crippen molar-refractivity contribution >= 4 is 5.91 Å². The Morgan fingerprint density at radius 1 is 0.514 bits per heavy atom. The van der Waals surface area contributed by atoms with Crippen molar-refractivity contribution in [1.29, 1.82) is 0 Å². The Morgan fingerprint density at radius 3 is 1.14 bits per heavy atom. The van der Waals surface area contributed by atoms with Gasteiger partial charge in [-0.15, -0.1) is 0 Å². The van der Waals surface area contributed by atoms with E-state index < -0.39 is 53.8 Å². The molecule has 2 fully saturated rings. The Kier molecular flexibility index (Phi) is 9.12. The van der Waals surface area contributed by atoms with Gasteiger partial charge >= 0.3 is 35.8 Å². The van der Waals surface area contributed by atoms with Gasteiger partial charge in [-0.1, -0.05) is 38.5 Å². The molecule has 0 unspecified atom stereocenters. The van der Waals surface area contributed by atoms with Gasteiger partial charge in [-0.05, 0) is 25.7 Å². The molecule has 0 aromatic heterocycles. The summed E-state index contributed by atoms with van der Waals surface area (Å²) in [6, 6.07) is -2.26. The van der Waals surface area contributed by atoms with Crippen molar-refractivity contribution in [3.05, 3.63) is 0 Å². The lowest BCUT2D eigenvalue weighted by molar-refractivity contribution is -0.436. The van der Waals surface area contributed by atoms with Gasteiger partial charge in [0.1, 0.15) is 0 Å². The summed E-state index contributed by atoms with van der Waals surface area (Å²) in [4.78, 5) is 12.8. The summed E-state index contributed by atoms with van der Waals surface area (Å²) in [6.07, 6.45) is -4.81. The highest BCUT2D eigenvalue weighted by Crippen LogP contribution is 2.60. The molecule has 208 valence electrons. The Balaban J connectivity index is 0.00000612. The van der Waals surface area contributed by atoms with Crippen molar-refractivity contribution in [2.75, 3.05) is 0 Å². The van der Waals surface area contributed by atoms with E-state index in [-0.39, 0.29) is 36.1 Å². The van der Waals surface area contributed by atoms with E-state index in [4.69, 9.17) is 0 Å². The third kappa shape index (κ3) is 5.04. The summed E-state index contributed by atoms with van der Waals surface area (Å²) >= 11 is 0. The number of hydrogen-bond donors (Lipinski definition) is 0. The first-order valence-electron chi connectivity index (χ1n) is 10.5. The molecule has 0 heterocycles. The fourth-order valence-electron chi connectivity index (χ4n) is 4.41. The Bertz CT molecular complexity index is 709. The van der Waals surface area contributed by atoms with Crippen LogP contribution in [0.5, 0.6) is 0 Å². The SMILES string of the molecule is O.O=C(N(C1CCCCC1)C1CCCCC1)C(F)(F)C(F)(F)C(F)(F)C(F)(F)C(F)(F)C(F)(F)F. The van der Waals surface area contributed by atoms with E-state index in [1.807, 2.05) is 0 Å². The Labute approximate surface area is 191 Å². The fourth-order valence-corrected chi connectivity index (χ4v) is 4.41. The number of hydrogen-bond acceptors (Lipinski definition) is 1. The van der Waals surface area contributed by atoms with Crippen molar-refractivity contribution in [1.82, 2.24) is 4.90 Å². The normalized spacial score (nSPS) is 20.4. The van der Waals surface area contributed by atoms with Crippen LogP contribution in [0.4, 0.5) is 57.1 Å². The highest BCUT2D eigenvalue weighted by molar-refractivity contribution is 5.85. The zero-order valence-corrected chi connectivity index (χ0v) is 18.0. The Morgan fingerprint density at radius 2 is 0.829 bits per heavy atom. The molecule has 1 amide bonds. The van der Waals surface area contributed by atoms with Crippen molar-refractivity contribution in [2.45, 2.75) is 112 Å². The van der Waals surface area contributed by atoms with Crippen molar-refractivity contribution < 1.29 is 67.3 Å². The maximum absolute atomic E-state index is 14.6. The van der Waals surface area contributed by atoms with Gasteiger partial charge in [-0.3, -0.25) is 4.79 Å². The van der Waals surface area contributed by atoms with Gasteiger partial charge < -0.3 is 10.4 Å². The third-order valence-electron chi connectivity index (χ3n) is 6.37. The molecule has 35 heavy (non-hydrogen) atoms. The molecule has 2 rings (SSSR count).